The molecule has 0 spiro atoms. The molecule has 1 saturated heterocycles. The number of carbonyl (C=O) groups excluding carboxylic acids is 1. The summed E-state index contributed by atoms with van der Waals surface area (Å²) in [6.07, 6.45) is -0.416. The van der Waals surface area contributed by atoms with Crippen LogP contribution >= 0.6 is 15.9 Å². The fourth-order valence-electron chi connectivity index (χ4n) is 1.54. The quantitative estimate of drug-likeness (QED) is 0.892. The van der Waals surface area contributed by atoms with E-state index in [1.54, 1.807) is 6.07 Å². The van der Waals surface area contributed by atoms with Crippen molar-refractivity contribution in [3.63, 3.8) is 0 Å². The van der Waals surface area contributed by atoms with Crippen LogP contribution in [0.1, 0.15) is 0 Å². The summed E-state index contributed by atoms with van der Waals surface area (Å²) in [7, 11) is 0. The second kappa shape index (κ2) is 4.20. The van der Waals surface area contributed by atoms with Gasteiger partial charge in [-0.05, 0) is 28.1 Å². The zero-order valence-electron chi connectivity index (χ0n) is 7.89. The molecule has 0 bridgehead atoms. The van der Waals surface area contributed by atoms with Gasteiger partial charge < -0.3 is 9.84 Å². The molecule has 2 rings (SSSR count). The average molecular weight is 272 g/mol. The highest BCUT2D eigenvalue weighted by atomic mass is 79.9. The van der Waals surface area contributed by atoms with Gasteiger partial charge in [0.15, 0.2) is 0 Å². The van der Waals surface area contributed by atoms with E-state index in [-0.39, 0.29) is 19.3 Å². The van der Waals surface area contributed by atoms with Crippen LogP contribution in [0.25, 0.3) is 0 Å². The Balaban J connectivity index is 2.36. The van der Waals surface area contributed by atoms with Crippen LogP contribution in [-0.4, -0.2) is 30.5 Å². The molecule has 1 atom stereocenters. The van der Waals surface area contributed by atoms with Gasteiger partial charge in [-0.25, -0.2) is 4.79 Å². The number of hydrogen-bond acceptors (Lipinski definition) is 3. The number of anilines is 1. The van der Waals surface area contributed by atoms with Gasteiger partial charge in [-0.3, -0.25) is 4.90 Å². The van der Waals surface area contributed by atoms with Crippen molar-refractivity contribution in [2.45, 2.75) is 6.04 Å². The Morgan fingerprint density at radius 1 is 1.53 bits per heavy atom. The largest absolute Gasteiger partial charge is 0.447 e. The van der Waals surface area contributed by atoms with Crippen LogP contribution in [-0.2, 0) is 4.74 Å². The van der Waals surface area contributed by atoms with Crippen LogP contribution in [0.2, 0.25) is 0 Å². The predicted octanol–water partition coefficient (Wildman–Crippen LogP) is 1.77. The SMILES string of the molecule is O=C1OCC(CO)N1c1ccccc1Br. The number of carbonyl (C=O) groups is 1. The molecule has 0 saturated carbocycles. The third-order valence-corrected chi connectivity index (χ3v) is 2.95. The second-order valence-electron chi connectivity index (χ2n) is 3.23. The summed E-state index contributed by atoms with van der Waals surface area (Å²) in [6.45, 7) is 0.129. The molecule has 0 aromatic heterocycles. The van der Waals surface area contributed by atoms with Gasteiger partial charge in [-0.1, -0.05) is 12.1 Å². The molecule has 80 valence electrons. The fourth-order valence-corrected chi connectivity index (χ4v) is 2.01. The van der Waals surface area contributed by atoms with Crippen LogP contribution in [0.5, 0.6) is 0 Å². The number of hydrogen-bond donors (Lipinski definition) is 1. The molecular weight excluding hydrogens is 262 g/mol. The van der Waals surface area contributed by atoms with Crippen LogP contribution in [0.4, 0.5) is 10.5 Å². The van der Waals surface area contributed by atoms with Crippen LogP contribution in [0.3, 0.4) is 0 Å². The highest BCUT2D eigenvalue weighted by Crippen LogP contribution is 2.30. The number of aliphatic hydroxyl groups excluding tert-OH is 1. The maximum atomic E-state index is 11.5. The third-order valence-electron chi connectivity index (χ3n) is 2.28. The summed E-state index contributed by atoms with van der Waals surface area (Å²) >= 11 is 3.36. The molecule has 1 fully saturated rings. The number of nitrogens with zero attached hydrogens (tertiary/aromatic N) is 1. The molecule has 1 N–H and O–H groups in total. The molecular formula is C10H10BrNO3. The zero-order valence-corrected chi connectivity index (χ0v) is 9.48. The van der Waals surface area contributed by atoms with Gasteiger partial charge in [-0.2, -0.15) is 0 Å². The van der Waals surface area contributed by atoms with Crippen molar-refractivity contribution in [1.29, 1.82) is 0 Å². The van der Waals surface area contributed by atoms with Gasteiger partial charge in [0.2, 0.25) is 0 Å². The molecule has 1 aromatic carbocycles. The number of aliphatic hydroxyl groups is 1. The zero-order chi connectivity index (χ0) is 10.8. The van der Waals surface area contributed by atoms with E-state index in [2.05, 4.69) is 15.9 Å². The van der Waals surface area contributed by atoms with Gasteiger partial charge in [0.25, 0.3) is 0 Å². The normalized spacial score (nSPS) is 20.5. The Labute approximate surface area is 95.6 Å². The third kappa shape index (κ3) is 1.85. The predicted molar refractivity (Wildman–Crippen MR) is 58.8 cm³/mol. The van der Waals surface area contributed by atoms with Crippen LogP contribution in [0.15, 0.2) is 28.7 Å². The summed E-state index contributed by atoms with van der Waals surface area (Å²) in [6, 6.07) is 7.05. The lowest BCUT2D eigenvalue weighted by atomic mass is 10.2. The van der Waals surface area contributed by atoms with Crippen molar-refractivity contribution in [3.8, 4) is 0 Å². The Kier molecular flexibility index (Phi) is 2.93. The summed E-state index contributed by atoms with van der Waals surface area (Å²) in [5, 5.41) is 9.12. The lowest BCUT2D eigenvalue weighted by Gasteiger charge is -2.20. The highest BCUT2D eigenvalue weighted by Gasteiger charge is 2.34. The number of cyclic esters (lactones) is 1. The lowest BCUT2D eigenvalue weighted by molar-refractivity contribution is 0.174. The van der Waals surface area contributed by atoms with Crippen molar-refractivity contribution >= 4 is 27.7 Å². The first-order chi connectivity index (χ1) is 7.24. The molecule has 1 unspecified atom stereocenters. The molecule has 1 aliphatic rings. The molecule has 15 heavy (non-hydrogen) atoms. The molecule has 1 aliphatic heterocycles. The van der Waals surface area contributed by atoms with E-state index in [1.165, 1.54) is 4.90 Å². The van der Waals surface area contributed by atoms with E-state index in [9.17, 15) is 4.79 Å². The topological polar surface area (TPSA) is 49.8 Å². The lowest BCUT2D eigenvalue weighted by Crippen LogP contribution is -2.36. The van der Waals surface area contributed by atoms with E-state index in [0.29, 0.717) is 0 Å². The first-order valence-electron chi connectivity index (χ1n) is 4.55. The second-order valence-corrected chi connectivity index (χ2v) is 4.09. The highest BCUT2D eigenvalue weighted by molar-refractivity contribution is 9.10. The van der Waals surface area contributed by atoms with Gasteiger partial charge in [-0.15, -0.1) is 0 Å². The number of ether oxygens (including phenoxy) is 1. The summed E-state index contributed by atoms with van der Waals surface area (Å²) in [5.41, 5.74) is 0.721. The van der Waals surface area contributed by atoms with Crippen molar-refractivity contribution in [2.24, 2.45) is 0 Å². The Morgan fingerprint density at radius 3 is 2.93 bits per heavy atom. The smallest absolute Gasteiger partial charge is 0.414 e. The molecule has 1 aromatic rings. The van der Waals surface area contributed by atoms with E-state index in [4.69, 9.17) is 9.84 Å². The van der Waals surface area contributed by atoms with E-state index >= 15 is 0 Å². The van der Waals surface area contributed by atoms with Gasteiger partial charge in [0.05, 0.1) is 18.3 Å². The van der Waals surface area contributed by atoms with E-state index in [1.807, 2.05) is 18.2 Å². The maximum Gasteiger partial charge on any atom is 0.414 e. The van der Waals surface area contributed by atoms with Crippen LogP contribution < -0.4 is 4.90 Å². The Hall–Kier alpha value is -1.07. The molecule has 4 nitrogen and oxygen atoms in total. The van der Waals surface area contributed by atoms with E-state index in [0.717, 1.165) is 10.2 Å². The fraction of sp³-hybridized carbons (Fsp3) is 0.300. The number of amides is 1. The minimum Gasteiger partial charge on any atom is -0.447 e. The van der Waals surface area contributed by atoms with Gasteiger partial charge in [0.1, 0.15) is 6.61 Å². The monoisotopic (exact) mass is 271 g/mol. The number of rotatable bonds is 2. The Bertz CT molecular complexity index is 383. The van der Waals surface area contributed by atoms with Gasteiger partial charge >= 0.3 is 6.09 Å². The number of halogens is 1. The molecule has 1 heterocycles. The maximum absolute atomic E-state index is 11.5. The summed E-state index contributed by atoms with van der Waals surface area (Å²) < 4.78 is 5.69. The van der Waals surface area contributed by atoms with Crippen LogP contribution in [0, 0.1) is 0 Å². The molecule has 5 heteroatoms. The van der Waals surface area contributed by atoms with Crippen molar-refractivity contribution in [1.82, 2.24) is 0 Å². The van der Waals surface area contributed by atoms with E-state index < -0.39 is 6.09 Å². The first kappa shape index (κ1) is 10.4. The van der Waals surface area contributed by atoms with Crippen molar-refractivity contribution in [3.05, 3.63) is 28.7 Å². The van der Waals surface area contributed by atoms with Crippen molar-refractivity contribution < 1.29 is 14.6 Å². The summed E-state index contributed by atoms with van der Waals surface area (Å²) in [5.74, 6) is 0. The Morgan fingerprint density at radius 2 is 2.27 bits per heavy atom. The minimum atomic E-state index is -0.416. The first-order valence-corrected chi connectivity index (χ1v) is 5.34. The minimum absolute atomic E-state index is 0.104. The van der Waals surface area contributed by atoms with Gasteiger partial charge in [0, 0.05) is 4.47 Å². The average Bonchev–Trinajstić information content (AvgIpc) is 2.60. The molecule has 1 amide bonds. The number of benzene rings is 1. The van der Waals surface area contributed by atoms with Crippen molar-refractivity contribution in [2.75, 3.05) is 18.1 Å². The standard InChI is InChI=1S/C10H10BrNO3/c11-8-3-1-2-4-9(8)12-7(5-13)6-15-10(12)14/h1-4,7,13H,5-6H2. The number of para-hydroxylation sites is 1. The molecule has 0 aliphatic carbocycles. The summed E-state index contributed by atoms with van der Waals surface area (Å²) in [4.78, 5) is 12.9. The molecule has 0 radical (unpaired) electrons.